The number of anilines is 1. The van der Waals surface area contributed by atoms with Gasteiger partial charge in [-0.15, -0.1) is 0 Å². The lowest BCUT2D eigenvalue weighted by molar-refractivity contribution is 0.279. The monoisotopic (exact) mass is 242 g/mol. The Bertz CT molecular complexity index is 316. The molecule has 0 fully saturated rings. The lowest BCUT2D eigenvalue weighted by atomic mass is 10.2. The molecule has 1 aromatic heterocycles. The zero-order valence-corrected chi connectivity index (χ0v) is 8.97. The molecule has 0 aliphatic carbocycles. The van der Waals surface area contributed by atoms with Gasteiger partial charge in [-0.25, -0.2) is 4.98 Å². The summed E-state index contributed by atoms with van der Waals surface area (Å²) in [6.07, 6.45) is 2.82. The largest absolute Gasteiger partial charge is 0.488 e. The quantitative estimate of drug-likeness (QED) is 0.822. The van der Waals surface area contributed by atoms with Crippen LogP contribution in [0.25, 0.3) is 0 Å². The number of fused-ring (bicyclic) bond motifs is 1. The molecule has 2 heterocycles. The number of ether oxygens (including phenoxy) is 1. The third kappa shape index (κ3) is 1.77. The molecule has 0 bridgehead atoms. The van der Waals surface area contributed by atoms with E-state index in [1.807, 2.05) is 6.07 Å². The fourth-order valence-corrected chi connectivity index (χ4v) is 1.59. The predicted octanol–water partition coefficient (Wildman–Crippen LogP) is 2.43. The molecule has 0 unspecified atom stereocenters. The van der Waals surface area contributed by atoms with E-state index in [0.717, 1.165) is 29.1 Å². The number of nitrogens with zero attached hydrogens (tertiary/aromatic N) is 1. The Balaban J connectivity index is 2.26. The van der Waals surface area contributed by atoms with Crippen LogP contribution in [0.15, 0.2) is 16.7 Å². The fraction of sp³-hybridized carbons (Fsp3) is 0.444. The Hall–Kier alpha value is -0.770. The molecule has 0 amide bonds. The summed E-state index contributed by atoms with van der Waals surface area (Å²) in [5.74, 6) is 1.68. The van der Waals surface area contributed by atoms with E-state index in [1.165, 1.54) is 0 Å². The average molecular weight is 243 g/mol. The van der Waals surface area contributed by atoms with E-state index in [-0.39, 0.29) is 0 Å². The Morgan fingerprint density at radius 1 is 1.77 bits per heavy atom. The van der Waals surface area contributed by atoms with Crippen molar-refractivity contribution in [2.75, 3.05) is 11.9 Å². The first-order valence-corrected chi connectivity index (χ1v) is 5.13. The molecule has 1 N–H and O–H groups in total. The summed E-state index contributed by atoms with van der Waals surface area (Å²) in [6, 6.07) is 2.32. The molecule has 0 radical (unpaired) electrons. The van der Waals surface area contributed by atoms with Gasteiger partial charge in [-0.05, 0) is 28.4 Å². The highest BCUT2D eigenvalue weighted by Crippen LogP contribution is 2.29. The zero-order chi connectivity index (χ0) is 9.26. The molecule has 1 aromatic rings. The van der Waals surface area contributed by atoms with E-state index < -0.39 is 0 Å². The molecule has 0 saturated heterocycles. The summed E-state index contributed by atoms with van der Waals surface area (Å²) < 4.78 is 6.50. The van der Waals surface area contributed by atoms with Crippen LogP contribution in [-0.2, 0) is 0 Å². The van der Waals surface area contributed by atoms with Crippen LogP contribution in [0, 0.1) is 0 Å². The molecule has 0 spiro atoms. The molecule has 70 valence electrons. The van der Waals surface area contributed by atoms with Crippen molar-refractivity contribution in [1.82, 2.24) is 4.98 Å². The maximum Gasteiger partial charge on any atom is 0.169 e. The number of hydrogen-bond acceptors (Lipinski definition) is 3. The molecular formula is C9H11BrN2O. The maximum atomic E-state index is 5.55. The summed E-state index contributed by atoms with van der Waals surface area (Å²) >= 11 is 3.35. The highest BCUT2D eigenvalue weighted by molar-refractivity contribution is 9.10. The highest BCUT2D eigenvalue weighted by atomic mass is 79.9. The molecular weight excluding hydrogens is 232 g/mol. The second-order valence-electron chi connectivity index (χ2n) is 3.06. The number of rotatable bonds is 1. The van der Waals surface area contributed by atoms with E-state index in [4.69, 9.17) is 4.74 Å². The minimum Gasteiger partial charge on any atom is -0.488 e. The minimum absolute atomic E-state index is 0.390. The molecule has 2 rings (SSSR count). The number of nitrogens with one attached hydrogen (secondary N) is 1. The first-order chi connectivity index (χ1) is 6.29. The zero-order valence-electron chi connectivity index (χ0n) is 7.38. The molecule has 4 heteroatoms. The van der Waals surface area contributed by atoms with Crippen molar-refractivity contribution in [3.63, 3.8) is 0 Å². The van der Waals surface area contributed by atoms with Gasteiger partial charge in [-0.3, -0.25) is 0 Å². The van der Waals surface area contributed by atoms with Gasteiger partial charge in [-0.2, -0.15) is 0 Å². The summed E-state index contributed by atoms with van der Waals surface area (Å²) in [4.78, 5) is 4.23. The van der Waals surface area contributed by atoms with Crippen molar-refractivity contribution in [3.05, 3.63) is 16.7 Å². The van der Waals surface area contributed by atoms with Gasteiger partial charge < -0.3 is 10.1 Å². The van der Waals surface area contributed by atoms with E-state index in [9.17, 15) is 0 Å². The normalized spacial score (nSPS) is 20.0. The van der Waals surface area contributed by atoms with E-state index in [1.54, 1.807) is 6.20 Å². The van der Waals surface area contributed by atoms with Gasteiger partial charge in [0.1, 0.15) is 6.61 Å². The molecule has 0 saturated carbocycles. The van der Waals surface area contributed by atoms with Crippen molar-refractivity contribution >= 4 is 21.7 Å². The molecule has 0 aromatic carbocycles. The number of aromatic nitrogens is 1. The topological polar surface area (TPSA) is 34.1 Å². The van der Waals surface area contributed by atoms with Crippen LogP contribution in [0.4, 0.5) is 5.82 Å². The van der Waals surface area contributed by atoms with Crippen LogP contribution in [-0.4, -0.2) is 17.6 Å². The van der Waals surface area contributed by atoms with Crippen LogP contribution in [0.3, 0.4) is 0 Å². The first-order valence-electron chi connectivity index (χ1n) is 4.34. The Morgan fingerprint density at radius 3 is 3.38 bits per heavy atom. The van der Waals surface area contributed by atoms with E-state index in [2.05, 4.69) is 33.2 Å². The summed E-state index contributed by atoms with van der Waals surface area (Å²) in [7, 11) is 0. The summed E-state index contributed by atoms with van der Waals surface area (Å²) in [5.41, 5.74) is 0. The number of pyridine rings is 1. The van der Waals surface area contributed by atoms with Crippen molar-refractivity contribution < 1.29 is 4.74 Å². The Morgan fingerprint density at radius 2 is 2.62 bits per heavy atom. The lowest BCUT2D eigenvalue weighted by Crippen LogP contribution is -2.31. The maximum absolute atomic E-state index is 5.55. The molecule has 13 heavy (non-hydrogen) atoms. The average Bonchev–Trinajstić information content (AvgIpc) is 2.17. The van der Waals surface area contributed by atoms with Crippen LogP contribution >= 0.6 is 15.9 Å². The van der Waals surface area contributed by atoms with Crippen molar-refractivity contribution in [1.29, 1.82) is 0 Å². The Labute approximate surface area is 85.6 Å². The minimum atomic E-state index is 0.390. The van der Waals surface area contributed by atoms with Gasteiger partial charge in [0.05, 0.1) is 6.04 Å². The number of hydrogen-bond donors (Lipinski definition) is 1. The number of halogens is 1. The molecule has 1 aliphatic heterocycles. The second kappa shape index (κ2) is 3.54. The van der Waals surface area contributed by atoms with Crippen LogP contribution in [0.2, 0.25) is 0 Å². The van der Waals surface area contributed by atoms with Crippen LogP contribution in [0.5, 0.6) is 5.75 Å². The van der Waals surface area contributed by atoms with E-state index >= 15 is 0 Å². The van der Waals surface area contributed by atoms with Gasteiger partial charge in [0.15, 0.2) is 11.6 Å². The van der Waals surface area contributed by atoms with E-state index in [0.29, 0.717) is 6.04 Å². The summed E-state index contributed by atoms with van der Waals surface area (Å²) in [6.45, 7) is 2.85. The van der Waals surface area contributed by atoms with Gasteiger partial charge in [0, 0.05) is 10.7 Å². The van der Waals surface area contributed by atoms with Crippen LogP contribution < -0.4 is 10.1 Å². The highest BCUT2D eigenvalue weighted by Gasteiger charge is 2.18. The third-order valence-electron chi connectivity index (χ3n) is 2.09. The van der Waals surface area contributed by atoms with Crippen molar-refractivity contribution in [2.45, 2.75) is 19.4 Å². The third-order valence-corrected chi connectivity index (χ3v) is 2.53. The first kappa shape index (κ1) is 8.81. The van der Waals surface area contributed by atoms with Gasteiger partial charge >= 0.3 is 0 Å². The smallest absolute Gasteiger partial charge is 0.169 e. The fourth-order valence-electron chi connectivity index (χ4n) is 1.28. The molecule has 3 nitrogen and oxygen atoms in total. The van der Waals surface area contributed by atoms with Crippen LogP contribution in [0.1, 0.15) is 13.3 Å². The molecule has 1 aliphatic rings. The second-order valence-corrected chi connectivity index (χ2v) is 3.98. The lowest BCUT2D eigenvalue weighted by Gasteiger charge is -2.25. The Kier molecular flexibility index (Phi) is 2.40. The molecule has 1 atom stereocenters. The predicted molar refractivity (Wildman–Crippen MR) is 55.1 cm³/mol. The van der Waals surface area contributed by atoms with Crippen molar-refractivity contribution in [2.24, 2.45) is 0 Å². The van der Waals surface area contributed by atoms with Gasteiger partial charge in [0.25, 0.3) is 0 Å². The van der Waals surface area contributed by atoms with Crippen molar-refractivity contribution in [3.8, 4) is 5.75 Å². The van der Waals surface area contributed by atoms with Gasteiger partial charge in [-0.1, -0.05) is 6.92 Å². The summed E-state index contributed by atoms with van der Waals surface area (Å²) in [5, 5.41) is 3.32. The standard InChI is InChI=1S/C9H11BrN2O/c1-2-7-5-13-8-3-6(10)4-11-9(8)12-7/h3-4,7H,2,5H2,1H3,(H,11,12)/t7-/m0/s1. The SMILES string of the molecule is CC[C@H]1COc2cc(Br)cnc2N1. The van der Waals surface area contributed by atoms with Gasteiger partial charge in [0.2, 0.25) is 0 Å².